The smallest absolute Gasteiger partial charge is 0.142 e. The number of hydrogen-bond donors (Lipinski definition) is 1. The van der Waals surface area contributed by atoms with E-state index in [-0.39, 0.29) is 11.9 Å². The van der Waals surface area contributed by atoms with Gasteiger partial charge in [-0.05, 0) is 42.7 Å². The number of pyridine rings is 1. The molecular formula is C17H16FN3. The van der Waals surface area contributed by atoms with Gasteiger partial charge in [0.2, 0.25) is 0 Å². The van der Waals surface area contributed by atoms with E-state index in [9.17, 15) is 4.39 Å². The molecule has 1 aromatic carbocycles. The zero-order valence-electron chi connectivity index (χ0n) is 11.6. The highest BCUT2D eigenvalue weighted by Crippen LogP contribution is 2.36. The van der Waals surface area contributed by atoms with Gasteiger partial charge >= 0.3 is 0 Å². The number of nitriles is 1. The van der Waals surface area contributed by atoms with Gasteiger partial charge in [-0.15, -0.1) is 0 Å². The van der Waals surface area contributed by atoms with Crippen molar-refractivity contribution < 1.29 is 4.39 Å². The van der Waals surface area contributed by atoms with E-state index in [1.807, 2.05) is 30.3 Å². The number of halogens is 1. The maximum absolute atomic E-state index is 13.0. The minimum absolute atomic E-state index is 0.204. The van der Waals surface area contributed by atoms with Gasteiger partial charge < -0.3 is 5.32 Å². The second-order valence-corrected chi connectivity index (χ2v) is 5.36. The van der Waals surface area contributed by atoms with E-state index >= 15 is 0 Å². The molecule has 1 heterocycles. The standard InChI is InChI=1S/C17H16FN3/c18-13-9-7-12(8-10-13)15-4-2-5-16(15)21-17-6-1-3-14(11-19)20-17/h1,3,6-10,15-16H,2,4-5H2,(H,20,21). The van der Waals surface area contributed by atoms with Gasteiger partial charge in [-0.1, -0.05) is 24.6 Å². The Morgan fingerprint density at radius 1 is 1.14 bits per heavy atom. The summed E-state index contributed by atoms with van der Waals surface area (Å²) in [5.74, 6) is 0.885. The number of nitrogens with one attached hydrogen (secondary N) is 1. The highest BCUT2D eigenvalue weighted by atomic mass is 19.1. The summed E-state index contributed by atoms with van der Waals surface area (Å²) in [7, 11) is 0. The Bertz CT molecular complexity index is 660. The Hall–Kier alpha value is -2.41. The summed E-state index contributed by atoms with van der Waals surface area (Å²) in [5.41, 5.74) is 1.57. The van der Waals surface area contributed by atoms with E-state index in [1.54, 1.807) is 6.07 Å². The maximum atomic E-state index is 13.0. The molecule has 0 saturated heterocycles. The first-order chi connectivity index (χ1) is 10.3. The van der Waals surface area contributed by atoms with Crippen LogP contribution in [0.1, 0.15) is 36.4 Å². The summed E-state index contributed by atoms with van der Waals surface area (Å²) in [4.78, 5) is 4.26. The zero-order chi connectivity index (χ0) is 14.7. The van der Waals surface area contributed by atoms with Crippen LogP contribution in [-0.2, 0) is 0 Å². The van der Waals surface area contributed by atoms with Crippen molar-refractivity contribution >= 4 is 5.82 Å². The Labute approximate surface area is 123 Å². The van der Waals surface area contributed by atoms with Crippen molar-refractivity contribution in [2.45, 2.75) is 31.2 Å². The molecule has 0 aliphatic heterocycles. The molecule has 1 saturated carbocycles. The molecule has 1 fully saturated rings. The second kappa shape index (κ2) is 5.92. The minimum atomic E-state index is -0.204. The van der Waals surface area contributed by atoms with Crippen molar-refractivity contribution in [3.8, 4) is 6.07 Å². The largest absolute Gasteiger partial charge is 0.367 e. The SMILES string of the molecule is N#Cc1cccc(NC2CCCC2c2ccc(F)cc2)n1. The lowest BCUT2D eigenvalue weighted by molar-refractivity contribution is 0.618. The van der Waals surface area contributed by atoms with Crippen molar-refractivity contribution in [3.05, 3.63) is 59.5 Å². The van der Waals surface area contributed by atoms with Crippen molar-refractivity contribution in [2.75, 3.05) is 5.32 Å². The lowest BCUT2D eigenvalue weighted by Crippen LogP contribution is -2.23. The number of benzene rings is 1. The summed E-state index contributed by atoms with van der Waals surface area (Å²) in [5, 5.41) is 12.3. The summed E-state index contributed by atoms with van der Waals surface area (Å²) < 4.78 is 13.0. The average molecular weight is 281 g/mol. The summed E-state index contributed by atoms with van der Waals surface area (Å²) in [6, 6.07) is 14.5. The average Bonchev–Trinajstić information content (AvgIpc) is 2.96. The highest BCUT2D eigenvalue weighted by molar-refractivity contribution is 5.41. The van der Waals surface area contributed by atoms with Gasteiger partial charge in [-0.2, -0.15) is 5.26 Å². The fraction of sp³-hybridized carbons (Fsp3) is 0.294. The van der Waals surface area contributed by atoms with Gasteiger partial charge in [0.1, 0.15) is 23.4 Å². The van der Waals surface area contributed by atoms with Crippen LogP contribution in [0.15, 0.2) is 42.5 Å². The lowest BCUT2D eigenvalue weighted by Gasteiger charge is -2.22. The van der Waals surface area contributed by atoms with Crippen molar-refractivity contribution in [1.82, 2.24) is 4.98 Å². The third-order valence-electron chi connectivity index (χ3n) is 4.01. The number of nitrogens with zero attached hydrogens (tertiary/aromatic N) is 2. The van der Waals surface area contributed by atoms with Crippen LogP contribution in [0.5, 0.6) is 0 Å². The van der Waals surface area contributed by atoms with Crippen molar-refractivity contribution in [2.24, 2.45) is 0 Å². The Kier molecular flexibility index (Phi) is 3.83. The van der Waals surface area contributed by atoms with Crippen LogP contribution >= 0.6 is 0 Å². The van der Waals surface area contributed by atoms with Crippen LogP contribution in [0.3, 0.4) is 0 Å². The molecule has 1 aliphatic rings. The molecule has 1 aliphatic carbocycles. The van der Waals surface area contributed by atoms with Crippen LogP contribution in [0.2, 0.25) is 0 Å². The number of anilines is 1. The number of hydrogen-bond acceptors (Lipinski definition) is 3. The molecule has 2 atom stereocenters. The van der Waals surface area contributed by atoms with E-state index in [0.29, 0.717) is 11.6 Å². The molecule has 3 rings (SSSR count). The van der Waals surface area contributed by atoms with E-state index in [2.05, 4.69) is 10.3 Å². The third-order valence-corrected chi connectivity index (χ3v) is 4.01. The van der Waals surface area contributed by atoms with Crippen LogP contribution in [0.4, 0.5) is 10.2 Å². The highest BCUT2D eigenvalue weighted by Gasteiger charge is 2.28. The first kappa shape index (κ1) is 13.6. The van der Waals surface area contributed by atoms with Gasteiger partial charge in [0.15, 0.2) is 0 Å². The van der Waals surface area contributed by atoms with E-state index < -0.39 is 0 Å². The molecule has 0 amide bonds. The summed E-state index contributed by atoms with van der Waals surface area (Å²) in [6.07, 6.45) is 3.28. The summed E-state index contributed by atoms with van der Waals surface area (Å²) >= 11 is 0. The zero-order valence-corrected chi connectivity index (χ0v) is 11.6. The number of aromatic nitrogens is 1. The molecule has 4 heteroatoms. The Morgan fingerprint density at radius 2 is 1.95 bits per heavy atom. The van der Waals surface area contributed by atoms with Crippen LogP contribution in [0.25, 0.3) is 0 Å². The van der Waals surface area contributed by atoms with E-state index in [4.69, 9.17) is 5.26 Å². The van der Waals surface area contributed by atoms with Gasteiger partial charge in [0, 0.05) is 12.0 Å². The Morgan fingerprint density at radius 3 is 2.71 bits per heavy atom. The molecule has 0 spiro atoms. The normalized spacial score (nSPS) is 21.0. The molecule has 0 radical (unpaired) electrons. The molecule has 3 nitrogen and oxygen atoms in total. The number of rotatable bonds is 3. The van der Waals surface area contributed by atoms with Gasteiger partial charge in [0.05, 0.1) is 0 Å². The minimum Gasteiger partial charge on any atom is -0.367 e. The topological polar surface area (TPSA) is 48.7 Å². The molecule has 106 valence electrons. The van der Waals surface area contributed by atoms with Gasteiger partial charge in [-0.25, -0.2) is 9.37 Å². The van der Waals surface area contributed by atoms with Gasteiger partial charge in [0.25, 0.3) is 0 Å². The molecule has 1 aromatic heterocycles. The lowest BCUT2D eigenvalue weighted by atomic mass is 9.94. The molecule has 2 aromatic rings. The quantitative estimate of drug-likeness (QED) is 0.929. The van der Waals surface area contributed by atoms with Gasteiger partial charge in [-0.3, -0.25) is 0 Å². The molecule has 1 N–H and O–H groups in total. The molecule has 2 unspecified atom stereocenters. The van der Waals surface area contributed by atoms with E-state index in [1.165, 1.54) is 12.1 Å². The monoisotopic (exact) mass is 281 g/mol. The molecule has 0 bridgehead atoms. The van der Waals surface area contributed by atoms with Crippen LogP contribution in [0, 0.1) is 17.1 Å². The second-order valence-electron chi connectivity index (χ2n) is 5.36. The molecular weight excluding hydrogens is 265 g/mol. The summed E-state index contributed by atoms with van der Waals surface area (Å²) in [6.45, 7) is 0. The predicted molar refractivity (Wildman–Crippen MR) is 79.4 cm³/mol. The van der Waals surface area contributed by atoms with Crippen LogP contribution < -0.4 is 5.32 Å². The van der Waals surface area contributed by atoms with Crippen molar-refractivity contribution in [3.63, 3.8) is 0 Å². The first-order valence-corrected chi connectivity index (χ1v) is 7.15. The van der Waals surface area contributed by atoms with E-state index in [0.717, 1.165) is 30.6 Å². The fourth-order valence-electron chi connectivity index (χ4n) is 3.01. The fourth-order valence-corrected chi connectivity index (χ4v) is 3.01. The van der Waals surface area contributed by atoms with Crippen molar-refractivity contribution in [1.29, 1.82) is 5.26 Å². The third kappa shape index (κ3) is 3.03. The maximum Gasteiger partial charge on any atom is 0.142 e. The molecule has 21 heavy (non-hydrogen) atoms. The van der Waals surface area contributed by atoms with Crippen LogP contribution in [-0.4, -0.2) is 11.0 Å². The first-order valence-electron chi connectivity index (χ1n) is 7.15. The predicted octanol–water partition coefficient (Wildman–Crippen LogP) is 3.84. The Balaban J connectivity index is 1.78.